The van der Waals surface area contributed by atoms with E-state index in [4.69, 9.17) is 0 Å². The highest BCUT2D eigenvalue weighted by atomic mass is 79.9. The molecule has 17 heavy (non-hydrogen) atoms. The largest absolute Gasteiger partial charge is 0.310 e. The standard InChI is InChI=1S/C13H14BrN3/c14-12-4-2-1-3-11(12)13-9(8-16-17-13)7-15-10-5-6-10/h1-4,8,10,15H,5-7H2,(H,16,17). The van der Waals surface area contributed by atoms with E-state index in [2.05, 4.69) is 37.5 Å². The highest BCUT2D eigenvalue weighted by Gasteiger charge is 2.21. The number of nitrogens with zero attached hydrogens (tertiary/aromatic N) is 1. The van der Waals surface area contributed by atoms with E-state index >= 15 is 0 Å². The third kappa shape index (κ3) is 2.42. The lowest BCUT2D eigenvalue weighted by Crippen LogP contribution is -2.15. The summed E-state index contributed by atoms with van der Waals surface area (Å²) < 4.78 is 1.09. The van der Waals surface area contributed by atoms with Gasteiger partial charge in [-0.3, -0.25) is 5.10 Å². The summed E-state index contributed by atoms with van der Waals surface area (Å²) in [6.07, 6.45) is 4.52. The predicted octanol–water partition coefficient (Wildman–Crippen LogP) is 3.09. The topological polar surface area (TPSA) is 40.7 Å². The van der Waals surface area contributed by atoms with E-state index in [9.17, 15) is 0 Å². The summed E-state index contributed by atoms with van der Waals surface area (Å²) in [6.45, 7) is 0.887. The summed E-state index contributed by atoms with van der Waals surface area (Å²) >= 11 is 3.58. The minimum Gasteiger partial charge on any atom is -0.310 e. The van der Waals surface area contributed by atoms with Crippen LogP contribution in [0.1, 0.15) is 18.4 Å². The Kier molecular flexibility index (Phi) is 2.99. The fraction of sp³-hybridized carbons (Fsp3) is 0.308. The third-order valence-corrected chi connectivity index (χ3v) is 3.71. The van der Waals surface area contributed by atoms with Gasteiger partial charge in [-0.25, -0.2) is 0 Å². The summed E-state index contributed by atoms with van der Waals surface area (Å²) in [6, 6.07) is 8.93. The van der Waals surface area contributed by atoms with Crippen molar-refractivity contribution in [3.8, 4) is 11.3 Å². The van der Waals surface area contributed by atoms with E-state index in [0.29, 0.717) is 0 Å². The first kappa shape index (κ1) is 11.0. The van der Waals surface area contributed by atoms with Gasteiger partial charge >= 0.3 is 0 Å². The molecule has 0 bridgehead atoms. The van der Waals surface area contributed by atoms with Crippen molar-refractivity contribution < 1.29 is 0 Å². The number of hydrogen-bond acceptors (Lipinski definition) is 2. The number of nitrogens with one attached hydrogen (secondary N) is 2. The fourth-order valence-corrected chi connectivity index (χ4v) is 2.37. The van der Waals surface area contributed by atoms with Gasteiger partial charge in [-0.1, -0.05) is 34.1 Å². The van der Waals surface area contributed by atoms with E-state index in [0.717, 1.165) is 28.3 Å². The van der Waals surface area contributed by atoms with E-state index in [1.165, 1.54) is 18.4 Å². The lowest BCUT2D eigenvalue weighted by atomic mass is 10.1. The maximum atomic E-state index is 4.15. The molecule has 0 saturated heterocycles. The molecule has 2 aromatic rings. The van der Waals surface area contributed by atoms with Crippen LogP contribution in [0, 0.1) is 0 Å². The van der Waals surface area contributed by atoms with Gasteiger partial charge in [0.2, 0.25) is 0 Å². The van der Waals surface area contributed by atoms with Gasteiger partial charge in [-0.15, -0.1) is 0 Å². The number of H-pyrrole nitrogens is 1. The summed E-state index contributed by atoms with van der Waals surface area (Å²) in [7, 11) is 0. The van der Waals surface area contributed by atoms with Gasteiger partial charge in [0, 0.05) is 28.2 Å². The second-order valence-corrected chi connectivity index (χ2v) is 5.26. The highest BCUT2D eigenvalue weighted by Crippen LogP contribution is 2.29. The van der Waals surface area contributed by atoms with Crippen LogP contribution in [0.5, 0.6) is 0 Å². The van der Waals surface area contributed by atoms with Crippen LogP contribution in [0.15, 0.2) is 34.9 Å². The molecule has 1 fully saturated rings. The molecule has 3 nitrogen and oxygen atoms in total. The van der Waals surface area contributed by atoms with E-state index < -0.39 is 0 Å². The molecule has 0 radical (unpaired) electrons. The zero-order valence-corrected chi connectivity index (χ0v) is 11.0. The Morgan fingerprint density at radius 3 is 2.94 bits per heavy atom. The highest BCUT2D eigenvalue weighted by molar-refractivity contribution is 9.10. The van der Waals surface area contributed by atoms with Gasteiger partial charge in [0.1, 0.15) is 0 Å². The van der Waals surface area contributed by atoms with Crippen molar-refractivity contribution in [3.63, 3.8) is 0 Å². The summed E-state index contributed by atoms with van der Waals surface area (Å²) in [4.78, 5) is 0. The summed E-state index contributed by atoms with van der Waals surface area (Å²) in [5.74, 6) is 0. The van der Waals surface area contributed by atoms with Crippen molar-refractivity contribution in [3.05, 3.63) is 40.5 Å². The first-order chi connectivity index (χ1) is 8.34. The Balaban J connectivity index is 1.86. The number of hydrogen-bond donors (Lipinski definition) is 2. The maximum Gasteiger partial charge on any atom is 0.0706 e. The number of benzene rings is 1. The molecule has 1 aromatic carbocycles. The zero-order valence-electron chi connectivity index (χ0n) is 9.41. The average molecular weight is 292 g/mol. The lowest BCUT2D eigenvalue weighted by Gasteiger charge is -2.06. The molecule has 2 N–H and O–H groups in total. The number of halogens is 1. The first-order valence-electron chi connectivity index (χ1n) is 5.85. The molecule has 0 unspecified atom stereocenters. The molecule has 4 heteroatoms. The molecular weight excluding hydrogens is 278 g/mol. The van der Waals surface area contributed by atoms with Gasteiger partial charge in [0.05, 0.1) is 11.9 Å². The van der Waals surface area contributed by atoms with Crippen molar-refractivity contribution in [1.82, 2.24) is 15.5 Å². The van der Waals surface area contributed by atoms with Crippen LogP contribution in [0.4, 0.5) is 0 Å². The molecule has 0 aliphatic heterocycles. The Labute approximate surface area is 109 Å². The van der Waals surface area contributed by atoms with Gasteiger partial charge < -0.3 is 5.32 Å². The Morgan fingerprint density at radius 1 is 1.35 bits per heavy atom. The monoisotopic (exact) mass is 291 g/mol. The van der Waals surface area contributed by atoms with Crippen molar-refractivity contribution in [2.24, 2.45) is 0 Å². The second kappa shape index (κ2) is 4.63. The van der Waals surface area contributed by atoms with E-state index in [1.807, 2.05) is 24.4 Å². The van der Waals surface area contributed by atoms with Crippen molar-refractivity contribution in [2.75, 3.05) is 0 Å². The molecular formula is C13H14BrN3. The Hall–Kier alpha value is -1.13. The average Bonchev–Trinajstić information content (AvgIpc) is 3.06. The molecule has 3 rings (SSSR count). The zero-order chi connectivity index (χ0) is 11.7. The van der Waals surface area contributed by atoms with Crippen LogP contribution in [-0.4, -0.2) is 16.2 Å². The van der Waals surface area contributed by atoms with E-state index in [1.54, 1.807) is 0 Å². The van der Waals surface area contributed by atoms with Gasteiger partial charge in [-0.2, -0.15) is 5.10 Å². The third-order valence-electron chi connectivity index (χ3n) is 3.02. The normalized spacial score (nSPS) is 15.1. The number of aromatic amines is 1. The van der Waals surface area contributed by atoms with Crippen molar-refractivity contribution in [1.29, 1.82) is 0 Å². The summed E-state index contributed by atoms with van der Waals surface area (Å²) in [5.41, 5.74) is 3.49. The Morgan fingerprint density at radius 2 is 2.18 bits per heavy atom. The molecule has 1 aliphatic carbocycles. The summed E-state index contributed by atoms with van der Waals surface area (Å²) in [5, 5.41) is 10.8. The van der Waals surface area contributed by atoms with Gasteiger partial charge in [0.25, 0.3) is 0 Å². The molecule has 1 aromatic heterocycles. The van der Waals surface area contributed by atoms with Crippen LogP contribution >= 0.6 is 15.9 Å². The lowest BCUT2D eigenvalue weighted by molar-refractivity contribution is 0.689. The van der Waals surface area contributed by atoms with Crippen LogP contribution < -0.4 is 5.32 Å². The minimum atomic E-state index is 0.719. The van der Waals surface area contributed by atoms with Crippen molar-refractivity contribution in [2.45, 2.75) is 25.4 Å². The van der Waals surface area contributed by atoms with Crippen LogP contribution in [-0.2, 0) is 6.54 Å². The van der Waals surface area contributed by atoms with Crippen molar-refractivity contribution >= 4 is 15.9 Å². The first-order valence-corrected chi connectivity index (χ1v) is 6.64. The molecule has 0 atom stereocenters. The molecule has 1 aliphatic rings. The van der Waals surface area contributed by atoms with Gasteiger partial charge in [-0.05, 0) is 18.9 Å². The van der Waals surface area contributed by atoms with Crippen LogP contribution in [0.2, 0.25) is 0 Å². The second-order valence-electron chi connectivity index (χ2n) is 4.41. The Bertz CT molecular complexity index is 517. The fourth-order valence-electron chi connectivity index (χ4n) is 1.88. The van der Waals surface area contributed by atoms with E-state index in [-0.39, 0.29) is 0 Å². The number of rotatable bonds is 4. The smallest absolute Gasteiger partial charge is 0.0706 e. The predicted molar refractivity (Wildman–Crippen MR) is 71.6 cm³/mol. The number of aromatic nitrogens is 2. The molecule has 1 heterocycles. The SMILES string of the molecule is Brc1ccccc1-c1[nH]ncc1CNC1CC1. The van der Waals surface area contributed by atoms with Crippen LogP contribution in [0.3, 0.4) is 0 Å². The quantitative estimate of drug-likeness (QED) is 0.909. The maximum absolute atomic E-state index is 4.15. The minimum absolute atomic E-state index is 0.719. The van der Waals surface area contributed by atoms with Crippen LogP contribution in [0.25, 0.3) is 11.3 Å². The molecule has 88 valence electrons. The molecule has 0 amide bonds. The van der Waals surface area contributed by atoms with Gasteiger partial charge in [0.15, 0.2) is 0 Å². The molecule has 0 spiro atoms. The molecule has 1 saturated carbocycles.